The highest BCUT2D eigenvalue weighted by atomic mass is 16.5. The van der Waals surface area contributed by atoms with Gasteiger partial charge in [-0.3, -0.25) is 9.59 Å². The molecule has 0 bridgehead atoms. The van der Waals surface area contributed by atoms with E-state index in [9.17, 15) is 14.7 Å². The minimum Gasteiger partial charge on any atom is -0.505 e. The molecule has 0 spiro atoms. The molecule has 8 heteroatoms. The zero-order valence-electron chi connectivity index (χ0n) is 14.5. The summed E-state index contributed by atoms with van der Waals surface area (Å²) in [7, 11) is 0. The van der Waals surface area contributed by atoms with Crippen molar-refractivity contribution >= 4 is 17.6 Å². The molecule has 1 aliphatic carbocycles. The Balaban J connectivity index is 1.75. The summed E-state index contributed by atoms with van der Waals surface area (Å²) in [6.45, 7) is 1.31. The summed E-state index contributed by atoms with van der Waals surface area (Å²) in [4.78, 5) is 26.8. The molecule has 2 aliphatic rings. The molecule has 0 saturated carbocycles. The predicted molar refractivity (Wildman–Crippen MR) is 95.2 cm³/mol. The number of nitrogens with zero attached hydrogens (tertiary/aromatic N) is 1. The number of carboxylic acids is 1. The topological polar surface area (TPSA) is 118 Å². The van der Waals surface area contributed by atoms with Crippen LogP contribution in [0.4, 0.5) is 0 Å². The second-order valence-electron chi connectivity index (χ2n) is 5.99. The number of aromatic hydroxyl groups is 1. The van der Waals surface area contributed by atoms with Gasteiger partial charge in [0, 0.05) is 11.8 Å². The maximum Gasteiger partial charge on any atom is 0.325 e. The number of carboxylic acid groups (broad SMARTS) is 1. The number of aliphatic carboxylic acids is 1. The highest BCUT2D eigenvalue weighted by Gasteiger charge is 2.22. The van der Waals surface area contributed by atoms with Gasteiger partial charge in [-0.05, 0) is 31.4 Å². The summed E-state index contributed by atoms with van der Waals surface area (Å²) in [5.41, 5.74) is 1.12. The molecular weight excluding hydrogens is 352 g/mol. The van der Waals surface area contributed by atoms with Crippen LogP contribution in [-0.2, 0) is 14.3 Å². The van der Waals surface area contributed by atoms with Gasteiger partial charge in [-0.15, -0.1) is 0 Å². The number of carbonyl (C=O) groups excluding carboxylic acids is 1. The van der Waals surface area contributed by atoms with E-state index in [2.05, 4.69) is 16.4 Å². The molecule has 2 heterocycles. The van der Waals surface area contributed by atoms with Gasteiger partial charge in [-0.2, -0.15) is 0 Å². The van der Waals surface area contributed by atoms with E-state index in [1.807, 2.05) is 12.2 Å². The van der Waals surface area contributed by atoms with Crippen molar-refractivity contribution in [2.75, 3.05) is 0 Å². The van der Waals surface area contributed by atoms with E-state index in [0.29, 0.717) is 17.1 Å². The Morgan fingerprint density at radius 2 is 2.07 bits per heavy atom. The van der Waals surface area contributed by atoms with Gasteiger partial charge < -0.3 is 25.0 Å². The van der Waals surface area contributed by atoms with E-state index in [-0.39, 0.29) is 5.69 Å². The van der Waals surface area contributed by atoms with Crippen molar-refractivity contribution in [3.8, 4) is 5.75 Å². The first-order valence-electron chi connectivity index (χ1n) is 8.28. The molecule has 8 nitrogen and oxygen atoms in total. The van der Waals surface area contributed by atoms with Crippen LogP contribution in [0.5, 0.6) is 5.75 Å². The predicted octanol–water partition coefficient (Wildman–Crippen LogP) is 2.45. The molecule has 0 aromatic carbocycles. The molecule has 27 heavy (non-hydrogen) atoms. The van der Waals surface area contributed by atoms with Crippen molar-refractivity contribution in [3.63, 3.8) is 0 Å². The Labute approximate surface area is 155 Å². The van der Waals surface area contributed by atoms with Gasteiger partial charge in [0.2, 0.25) is 0 Å². The lowest BCUT2D eigenvalue weighted by molar-refractivity contribution is -0.138. The Kier molecular flexibility index (Phi) is 5.25. The Hall–Kier alpha value is -3.55. The maximum atomic E-state index is 12.0. The van der Waals surface area contributed by atoms with Crippen molar-refractivity contribution in [1.29, 1.82) is 0 Å². The lowest BCUT2D eigenvalue weighted by Gasteiger charge is -2.19. The summed E-state index contributed by atoms with van der Waals surface area (Å²) >= 11 is 0. The average molecular weight is 370 g/mol. The molecule has 3 N–H and O–H groups in total. The van der Waals surface area contributed by atoms with Gasteiger partial charge in [-0.25, -0.2) is 4.98 Å². The van der Waals surface area contributed by atoms with Crippen LogP contribution in [-0.4, -0.2) is 33.1 Å². The smallest absolute Gasteiger partial charge is 0.325 e. The lowest BCUT2D eigenvalue weighted by Crippen LogP contribution is -2.38. The van der Waals surface area contributed by atoms with Crippen LogP contribution >= 0.6 is 0 Å². The van der Waals surface area contributed by atoms with Gasteiger partial charge in [0.1, 0.15) is 24.3 Å². The molecule has 140 valence electrons. The number of hydrogen-bond acceptors (Lipinski definition) is 6. The van der Waals surface area contributed by atoms with Crippen molar-refractivity contribution in [2.24, 2.45) is 0 Å². The summed E-state index contributed by atoms with van der Waals surface area (Å²) in [6.07, 6.45) is 11.9. The fourth-order valence-electron chi connectivity index (χ4n) is 2.49. The standard InChI is InChI=1S/C19H18N2O6/c1-11(19(24)25)21-18(23)17-14(22)7-13(8-20-17)16-10-26-9-15(27-16)12-5-3-2-4-6-12/h2-3,5,7-11,22H,4,6H2,1H3,(H,21,23)(H,24,25). The second-order valence-corrected chi connectivity index (χ2v) is 5.99. The van der Waals surface area contributed by atoms with E-state index >= 15 is 0 Å². The van der Waals surface area contributed by atoms with Crippen LogP contribution in [0, 0.1) is 0 Å². The molecule has 3 rings (SSSR count). The monoisotopic (exact) mass is 370 g/mol. The number of carbonyl (C=O) groups is 2. The van der Waals surface area contributed by atoms with Crippen LogP contribution < -0.4 is 5.32 Å². The molecule has 1 unspecified atom stereocenters. The molecule has 1 atom stereocenters. The third-order valence-corrected chi connectivity index (χ3v) is 3.99. The molecule has 0 saturated heterocycles. The largest absolute Gasteiger partial charge is 0.505 e. The Morgan fingerprint density at radius 1 is 1.30 bits per heavy atom. The fraction of sp³-hybridized carbons (Fsp3) is 0.211. The zero-order chi connectivity index (χ0) is 19.4. The van der Waals surface area contributed by atoms with Gasteiger partial charge in [0.05, 0.1) is 0 Å². The second kappa shape index (κ2) is 7.77. The van der Waals surface area contributed by atoms with E-state index in [1.54, 1.807) is 0 Å². The van der Waals surface area contributed by atoms with Crippen molar-refractivity contribution < 1.29 is 29.3 Å². The number of hydrogen-bond donors (Lipinski definition) is 3. The molecule has 0 fully saturated rings. The molecule has 1 aliphatic heterocycles. The third-order valence-electron chi connectivity index (χ3n) is 3.99. The third kappa shape index (κ3) is 4.17. The maximum absolute atomic E-state index is 12.0. The minimum atomic E-state index is -1.19. The first-order valence-corrected chi connectivity index (χ1v) is 8.28. The molecule has 1 aromatic rings. The molecular formula is C19H18N2O6. The summed E-state index contributed by atoms with van der Waals surface area (Å²) in [5.74, 6) is -1.49. The van der Waals surface area contributed by atoms with Gasteiger partial charge in [0.15, 0.2) is 17.2 Å². The number of aromatic nitrogens is 1. The fourth-order valence-corrected chi connectivity index (χ4v) is 2.49. The van der Waals surface area contributed by atoms with Crippen molar-refractivity contribution in [2.45, 2.75) is 25.8 Å². The van der Waals surface area contributed by atoms with Crippen LogP contribution in [0.3, 0.4) is 0 Å². The van der Waals surface area contributed by atoms with E-state index in [0.717, 1.165) is 18.4 Å². The van der Waals surface area contributed by atoms with Gasteiger partial charge in [-0.1, -0.05) is 18.2 Å². The summed E-state index contributed by atoms with van der Waals surface area (Å²) in [5, 5.41) is 21.2. The quantitative estimate of drug-likeness (QED) is 0.728. The minimum absolute atomic E-state index is 0.278. The number of rotatable bonds is 5. The van der Waals surface area contributed by atoms with Crippen molar-refractivity contribution in [1.82, 2.24) is 10.3 Å². The zero-order valence-corrected chi connectivity index (χ0v) is 14.5. The SMILES string of the molecule is CC(NC(=O)c1ncc(C2=COC=C(C3=CC=CCC3)O2)cc1O)C(=O)O. The summed E-state index contributed by atoms with van der Waals surface area (Å²) < 4.78 is 11.2. The van der Waals surface area contributed by atoms with Gasteiger partial charge in [0.25, 0.3) is 5.91 Å². The van der Waals surface area contributed by atoms with Crippen LogP contribution in [0.1, 0.15) is 35.8 Å². The lowest BCUT2D eigenvalue weighted by atomic mass is 10.0. The number of amides is 1. The first-order chi connectivity index (χ1) is 13.0. The number of pyridine rings is 1. The average Bonchev–Trinajstić information content (AvgIpc) is 2.68. The number of ether oxygens (including phenoxy) is 2. The highest BCUT2D eigenvalue weighted by Crippen LogP contribution is 2.31. The summed E-state index contributed by atoms with van der Waals surface area (Å²) in [6, 6.07) is 0.197. The molecule has 1 aromatic heterocycles. The van der Waals surface area contributed by atoms with Crippen LogP contribution in [0.25, 0.3) is 5.76 Å². The van der Waals surface area contributed by atoms with E-state index in [4.69, 9.17) is 14.6 Å². The van der Waals surface area contributed by atoms with Gasteiger partial charge >= 0.3 is 5.97 Å². The van der Waals surface area contributed by atoms with E-state index in [1.165, 1.54) is 31.7 Å². The first kappa shape index (κ1) is 18.2. The van der Waals surface area contributed by atoms with Crippen LogP contribution in [0.2, 0.25) is 0 Å². The number of allylic oxidation sites excluding steroid dienone is 4. The molecule has 0 radical (unpaired) electrons. The number of nitrogens with one attached hydrogen (secondary N) is 1. The Bertz CT molecular complexity index is 897. The van der Waals surface area contributed by atoms with Crippen molar-refractivity contribution in [3.05, 3.63) is 65.6 Å². The van der Waals surface area contributed by atoms with E-state index < -0.39 is 23.7 Å². The van der Waals surface area contributed by atoms with Crippen LogP contribution in [0.15, 0.2) is 54.3 Å². The Morgan fingerprint density at radius 3 is 2.74 bits per heavy atom. The molecule has 1 amide bonds. The normalized spacial score (nSPS) is 16.9. The highest BCUT2D eigenvalue weighted by molar-refractivity contribution is 5.97.